The van der Waals surface area contributed by atoms with Gasteiger partial charge in [0.15, 0.2) is 6.10 Å². The van der Waals surface area contributed by atoms with Gasteiger partial charge in [-0.25, -0.2) is 0 Å². The average molecular weight is 263 g/mol. The molecular weight excluding hydrogens is 251 g/mol. The first-order valence-electron chi connectivity index (χ1n) is 5.24. The van der Waals surface area contributed by atoms with Crippen LogP contribution in [0.15, 0.2) is 0 Å². The molecule has 0 aromatic carbocycles. The van der Waals surface area contributed by atoms with Crippen LogP contribution in [0.3, 0.4) is 0 Å². The molecule has 0 aliphatic carbocycles. The third kappa shape index (κ3) is 3.95. The van der Waals surface area contributed by atoms with Gasteiger partial charge in [0, 0.05) is 13.0 Å². The highest BCUT2D eigenvalue weighted by molar-refractivity contribution is 5.86. The lowest BCUT2D eigenvalue weighted by atomic mass is 10.1. The van der Waals surface area contributed by atoms with Crippen LogP contribution in [0.4, 0.5) is 13.2 Å². The number of hydrogen-bond acceptors (Lipinski definition) is 3. The maximum absolute atomic E-state index is 12.1. The lowest BCUT2D eigenvalue weighted by molar-refractivity contribution is -0.158. The molecule has 4 nitrogen and oxygen atoms in total. The van der Waals surface area contributed by atoms with Crippen molar-refractivity contribution in [3.63, 3.8) is 0 Å². The summed E-state index contributed by atoms with van der Waals surface area (Å²) in [5.74, 6) is -0.164. The van der Waals surface area contributed by atoms with Crippen molar-refractivity contribution in [1.29, 1.82) is 0 Å². The molecule has 1 fully saturated rings. The number of carbonyl (C=O) groups excluding carboxylic acids is 2. The molecule has 1 aliphatic heterocycles. The van der Waals surface area contributed by atoms with Crippen molar-refractivity contribution < 1.29 is 27.5 Å². The Bertz CT molecular complexity index is 386. The fourth-order valence-corrected chi connectivity index (χ4v) is 1.60. The summed E-state index contributed by atoms with van der Waals surface area (Å²) in [7, 11) is 0. The van der Waals surface area contributed by atoms with Crippen LogP contribution in [-0.2, 0) is 14.3 Å². The van der Waals surface area contributed by atoms with Crippen LogP contribution < -0.4 is 0 Å². The molecule has 2 atom stereocenters. The minimum Gasteiger partial charge on any atom is -0.449 e. The summed E-state index contributed by atoms with van der Waals surface area (Å²) < 4.78 is 41.2. The van der Waals surface area contributed by atoms with Gasteiger partial charge in [-0.3, -0.25) is 9.59 Å². The summed E-state index contributed by atoms with van der Waals surface area (Å²) in [6.45, 7) is -0.170. The quantitative estimate of drug-likeness (QED) is 0.563. The Morgan fingerprint density at radius 1 is 1.67 bits per heavy atom. The third-order valence-corrected chi connectivity index (χ3v) is 2.45. The Morgan fingerprint density at radius 3 is 2.78 bits per heavy atom. The number of nitrogens with zero attached hydrogens (tertiary/aromatic N) is 1. The first-order chi connectivity index (χ1) is 8.23. The van der Waals surface area contributed by atoms with Crippen molar-refractivity contribution in [2.45, 2.75) is 25.6 Å². The van der Waals surface area contributed by atoms with Gasteiger partial charge in [0.1, 0.15) is 6.54 Å². The van der Waals surface area contributed by atoms with Gasteiger partial charge in [0.2, 0.25) is 5.91 Å². The van der Waals surface area contributed by atoms with Crippen molar-refractivity contribution >= 4 is 11.9 Å². The van der Waals surface area contributed by atoms with Crippen LogP contribution >= 0.6 is 0 Å². The summed E-state index contributed by atoms with van der Waals surface area (Å²) in [5, 5.41) is 0. The van der Waals surface area contributed by atoms with E-state index in [1.54, 1.807) is 0 Å². The second kappa shape index (κ2) is 5.29. The molecule has 1 aliphatic rings. The molecule has 0 bridgehead atoms. The van der Waals surface area contributed by atoms with Crippen LogP contribution in [0, 0.1) is 18.3 Å². The fraction of sp³-hybridized carbons (Fsp3) is 0.636. The molecule has 0 saturated carbocycles. The van der Waals surface area contributed by atoms with Crippen molar-refractivity contribution in [3.05, 3.63) is 0 Å². The zero-order valence-electron chi connectivity index (χ0n) is 9.66. The van der Waals surface area contributed by atoms with Crippen molar-refractivity contribution in [1.82, 2.24) is 4.90 Å². The second-order valence-corrected chi connectivity index (χ2v) is 4.04. The molecule has 1 rings (SSSR count). The van der Waals surface area contributed by atoms with Crippen LogP contribution in [0.2, 0.25) is 0 Å². The normalized spacial score (nSPS) is 21.6. The van der Waals surface area contributed by atoms with E-state index < -0.39 is 36.6 Å². The Hall–Kier alpha value is -1.71. The molecule has 0 spiro atoms. The molecule has 18 heavy (non-hydrogen) atoms. The molecule has 100 valence electrons. The van der Waals surface area contributed by atoms with Gasteiger partial charge < -0.3 is 9.64 Å². The molecule has 1 heterocycles. The summed E-state index contributed by atoms with van der Waals surface area (Å²) in [5.41, 5.74) is 0. The van der Waals surface area contributed by atoms with Gasteiger partial charge in [-0.15, -0.1) is 6.42 Å². The molecule has 1 saturated heterocycles. The molecule has 0 aromatic heterocycles. The number of esters is 1. The number of rotatable bonds is 3. The first kappa shape index (κ1) is 14.4. The van der Waals surface area contributed by atoms with Crippen molar-refractivity contribution in [2.75, 3.05) is 13.1 Å². The monoisotopic (exact) mass is 263 g/mol. The van der Waals surface area contributed by atoms with E-state index in [2.05, 4.69) is 5.92 Å². The standard InChI is InChI=1S/C11H12F3NO3/c1-3-7(2)18-10(17)8-4-9(16)15(5-8)6-11(12,13)14/h1,7-8H,4-6H2,2H3/t7-,8+/m0/s1. The van der Waals surface area contributed by atoms with Gasteiger partial charge in [-0.1, -0.05) is 5.92 Å². The van der Waals surface area contributed by atoms with Gasteiger partial charge in [-0.05, 0) is 6.92 Å². The van der Waals surface area contributed by atoms with E-state index in [0.717, 1.165) is 0 Å². The minimum absolute atomic E-state index is 0.272. The second-order valence-electron chi connectivity index (χ2n) is 4.04. The Kier molecular flexibility index (Phi) is 4.22. The number of halogens is 3. The van der Waals surface area contributed by atoms with E-state index in [1.165, 1.54) is 6.92 Å². The van der Waals surface area contributed by atoms with Crippen LogP contribution in [-0.4, -0.2) is 42.1 Å². The van der Waals surface area contributed by atoms with E-state index in [4.69, 9.17) is 11.2 Å². The van der Waals surface area contributed by atoms with Crippen molar-refractivity contribution in [3.8, 4) is 12.3 Å². The van der Waals surface area contributed by atoms with Crippen LogP contribution in [0.25, 0.3) is 0 Å². The summed E-state index contributed by atoms with van der Waals surface area (Å²) >= 11 is 0. The molecule has 0 unspecified atom stereocenters. The predicted octanol–water partition coefficient (Wildman–Crippen LogP) is 0.962. The van der Waals surface area contributed by atoms with E-state index in [1.807, 2.05) is 0 Å². The highest BCUT2D eigenvalue weighted by Crippen LogP contribution is 2.24. The average Bonchev–Trinajstić information content (AvgIpc) is 2.57. The van der Waals surface area contributed by atoms with Crippen LogP contribution in [0.5, 0.6) is 0 Å². The summed E-state index contributed by atoms with van der Waals surface area (Å²) in [6, 6.07) is 0. The minimum atomic E-state index is -4.47. The third-order valence-electron chi connectivity index (χ3n) is 2.45. The molecule has 1 amide bonds. The highest BCUT2D eigenvalue weighted by Gasteiger charge is 2.41. The lowest BCUT2D eigenvalue weighted by Gasteiger charge is -2.18. The number of hydrogen-bond donors (Lipinski definition) is 0. The molecule has 0 N–H and O–H groups in total. The largest absolute Gasteiger partial charge is 0.449 e. The number of amides is 1. The fourth-order valence-electron chi connectivity index (χ4n) is 1.60. The smallest absolute Gasteiger partial charge is 0.406 e. The number of terminal acetylenes is 1. The Labute approximate surface area is 102 Å². The summed E-state index contributed by atoms with van der Waals surface area (Å²) in [6.07, 6.45) is -0.500. The van der Waals surface area contributed by atoms with Gasteiger partial charge in [0.05, 0.1) is 5.92 Å². The number of alkyl halides is 3. The SMILES string of the molecule is C#C[C@H](C)OC(=O)[C@@H]1CC(=O)N(CC(F)(F)F)C1. The maximum Gasteiger partial charge on any atom is 0.406 e. The van der Waals surface area contributed by atoms with Gasteiger partial charge in [0.25, 0.3) is 0 Å². The zero-order chi connectivity index (χ0) is 13.9. The van der Waals surface area contributed by atoms with E-state index >= 15 is 0 Å². The Balaban J connectivity index is 2.56. The first-order valence-corrected chi connectivity index (χ1v) is 5.24. The predicted molar refractivity (Wildman–Crippen MR) is 55.1 cm³/mol. The van der Waals surface area contributed by atoms with Crippen molar-refractivity contribution in [2.24, 2.45) is 5.92 Å². The Morgan fingerprint density at radius 2 is 2.28 bits per heavy atom. The lowest BCUT2D eigenvalue weighted by Crippen LogP contribution is -2.36. The van der Waals surface area contributed by atoms with E-state index in [9.17, 15) is 22.8 Å². The number of ether oxygens (including phenoxy) is 1. The highest BCUT2D eigenvalue weighted by atomic mass is 19.4. The molecule has 0 radical (unpaired) electrons. The topological polar surface area (TPSA) is 46.6 Å². The summed E-state index contributed by atoms with van der Waals surface area (Å²) in [4.78, 5) is 23.4. The van der Waals surface area contributed by atoms with E-state index in [-0.39, 0.29) is 13.0 Å². The van der Waals surface area contributed by atoms with Gasteiger partial charge >= 0.3 is 12.1 Å². The molecule has 7 heteroatoms. The molecule has 0 aromatic rings. The van der Waals surface area contributed by atoms with Crippen LogP contribution in [0.1, 0.15) is 13.3 Å². The maximum atomic E-state index is 12.1. The zero-order valence-corrected chi connectivity index (χ0v) is 9.66. The molecular formula is C11H12F3NO3. The van der Waals surface area contributed by atoms with E-state index in [0.29, 0.717) is 4.90 Å². The number of carbonyl (C=O) groups is 2. The number of likely N-dealkylation sites (tertiary alicyclic amines) is 1. The van der Waals surface area contributed by atoms with Gasteiger partial charge in [-0.2, -0.15) is 13.2 Å².